The number of rotatable bonds is 4. The topological polar surface area (TPSA) is 72.3 Å². The molecule has 2 aromatic rings. The van der Waals surface area contributed by atoms with Crippen molar-refractivity contribution in [1.82, 2.24) is 25.2 Å². The van der Waals surface area contributed by atoms with Crippen LogP contribution >= 0.6 is 0 Å². The number of carbonyl (C=O) groups is 1. The van der Waals surface area contributed by atoms with Gasteiger partial charge in [-0.1, -0.05) is 30.3 Å². The smallest absolute Gasteiger partial charge is 0.318 e. The van der Waals surface area contributed by atoms with Crippen molar-refractivity contribution in [2.75, 3.05) is 19.7 Å². The molecular weight excluding hydrogens is 318 g/mol. The minimum Gasteiger partial charge on any atom is -0.372 e. The second-order valence-electron chi connectivity index (χ2n) is 6.67. The van der Waals surface area contributed by atoms with E-state index in [9.17, 15) is 4.79 Å². The molecule has 1 aromatic heterocycles. The molecule has 2 heterocycles. The Bertz CT molecular complexity index is 717. The van der Waals surface area contributed by atoms with Crippen molar-refractivity contribution in [2.45, 2.75) is 38.8 Å². The number of nitrogens with one attached hydrogen (secondary N) is 1. The van der Waals surface area contributed by atoms with E-state index >= 15 is 0 Å². The molecule has 1 aromatic carbocycles. The summed E-state index contributed by atoms with van der Waals surface area (Å²) >= 11 is 0. The lowest BCUT2D eigenvalue weighted by Gasteiger charge is -2.40. The number of para-hydroxylation sites is 1. The van der Waals surface area contributed by atoms with Crippen LogP contribution in [-0.2, 0) is 4.74 Å². The summed E-state index contributed by atoms with van der Waals surface area (Å²) in [6.07, 6.45) is 2.72. The summed E-state index contributed by atoms with van der Waals surface area (Å²) in [5.74, 6) is 0. The number of urea groups is 1. The molecule has 0 saturated carbocycles. The Morgan fingerprint density at radius 3 is 2.88 bits per heavy atom. The first-order valence-corrected chi connectivity index (χ1v) is 8.68. The third-order valence-electron chi connectivity index (χ3n) is 4.69. The quantitative estimate of drug-likeness (QED) is 0.926. The zero-order valence-corrected chi connectivity index (χ0v) is 15.0. The molecule has 1 saturated heterocycles. The van der Waals surface area contributed by atoms with E-state index in [0.717, 1.165) is 17.8 Å². The van der Waals surface area contributed by atoms with Gasteiger partial charge in [-0.15, -0.1) is 5.10 Å². The molecule has 2 amide bonds. The van der Waals surface area contributed by atoms with E-state index in [1.54, 1.807) is 4.68 Å². The molecule has 7 nitrogen and oxygen atoms in total. The first-order chi connectivity index (χ1) is 12.0. The fraction of sp³-hybridized carbons (Fsp3) is 0.500. The molecule has 1 N–H and O–H groups in total. The monoisotopic (exact) mass is 343 g/mol. The van der Waals surface area contributed by atoms with E-state index in [0.29, 0.717) is 19.7 Å². The summed E-state index contributed by atoms with van der Waals surface area (Å²) in [6.45, 7) is 7.80. The van der Waals surface area contributed by atoms with Crippen LogP contribution in [0.25, 0.3) is 5.69 Å². The summed E-state index contributed by atoms with van der Waals surface area (Å²) < 4.78 is 7.50. The molecule has 3 rings (SSSR count). The van der Waals surface area contributed by atoms with Gasteiger partial charge in [-0.2, -0.15) is 0 Å². The number of hydrogen-bond donors (Lipinski definition) is 1. The predicted molar refractivity (Wildman–Crippen MR) is 94.5 cm³/mol. The molecule has 1 aliphatic rings. The van der Waals surface area contributed by atoms with Crippen molar-refractivity contribution in [2.24, 2.45) is 0 Å². The van der Waals surface area contributed by atoms with Crippen LogP contribution in [0.2, 0.25) is 0 Å². The Balaban J connectivity index is 1.63. The number of nitrogens with zero attached hydrogens (tertiary/aromatic N) is 4. The highest BCUT2D eigenvalue weighted by Crippen LogP contribution is 2.21. The summed E-state index contributed by atoms with van der Waals surface area (Å²) in [5.41, 5.74) is 1.39. The summed E-state index contributed by atoms with van der Waals surface area (Å²) in [6, 6.07) is 9.46. The first-order valence-electron chi connectivity index (χ1n) is 8.68. The third-order valence-corrected chi connectivity index (χ3v) is 4.69. The van der Waals surface area contributed by atoms with Gasteiger partial charge < -0.3 is 15.0 Å². The molecular formula is C18H25N5O2. The van der Waals surface area contributed by atoms with Gasteiger partial charge in [0, 0.05) is 6.54 Å². The number of aromatic nitrogens is 3. The number of ether oxygens (including phenoxy) is 1. The molecule has 0 bridgehead atoms. The predicted octanol–water partition coefficient (Wildman–Crippen LogP) is 2.54. The normalized spacial score (nSPS) is 21.8. The Morgan fingerprint density at radius 1 is 1.40 bits per heavy atom. The average Bonchev–Trinajstić information content (AvgIpc) is 3.13. The maximum Gasteiger partial charge on any atom is 0.318 e. The number of morpholine rings is 1. The van der Waals surface area contributed by atoms with Crippen LogP contribution < -0.4 is 5.32 Å². The van der Waals surface area contributed by atoms with Crippen molar-refractivity contribution < 1.29 is 9.53 Å². The van der Waals surface area contributed by atoms with E-state index in [4.69, 9.17) is 4.74 Å². The zero-order chi connectivity index (χ0) is 17.9. The van der Waals surface area contributed by atoms with Crippen LogP contribution in [0.3, 0.4) is 0 Å². The van der Waals surface area contributed by atoms with Gasteiger partial charge in [0.1, 0.15) is 5.69 Å². The van der Waals surface area contributed by atoms with Crippen molar-refractivity contribution >= 4 is 6.03 Å². The van der Waals surface area contributed by atoms with Crippen LogP contribution in [0.5, 0.6) is 0 Å². The molecule has 1 fully saturated rings. The maximum absolute atomic E-state index is 12.6. The highest BCUT2D eigenvalue weighted by molar-refractivity contribution is 5.74. The van der Waals surface area contributed by atoms with Gasteiger partial charge in [0.2, 0.25) is 0 Å². The molecule has 1 aliphatic heterocycles. The lowest BCUT2D eigenvalue weighted by atomic mass is 10.0. The number of benzene rings is 1. The lowest BCUT2D eigenvalue weighted by Crippen LogP contribution is -2.54. The first kappa shape index (κ1) is 17.4. The number of carbonyl (C=O) groups excluding carboxylic acids is 1. The molecule has 0 spiro atoms. The average molecular weight is 343 g/mol. The molecule has 2 unspecified atom stereocenters. The number of hydrogen-bond acceptors (Lipinski definition) is 4. The van der Waals surface area contributed by atoms with E-state index in [1.165, 1.54) is 0 Å². The van der Waals surface area contributed by atoms with E-state index in [-0.39, 0.29) is 17.7 Å². The van der Waals surface area contributed by atoms with Gasteiger partial charge in [-0.05, 0) is 32.4 Å². The Hall–Kier alpha value is -2.41. The fourth-order valence-corrected chi connectivity index (χ4v) is 2.85. The molecule has 2 atom stereocenters. The zero-order valence-electron chi connectivity index (χ0n) is 15.0. The van der Waals surface area contributed by atoms with Crippen LogP contribution in [-0.4, -0.2) is 51.2 Å². The summed E-state index contributed by atoms with van der Waals surface area (Å²) in [5, 5.41) is 11.3. The molecule has 0 aliphatic carbocycles. The second-order valence-corrected chi connectivity index (χ2v) is 6.67. The van der Waals surface area contributed by atoms with Gasteiger partial charge in [-0.25, -0.2) is 9.48 Å². The van der Waals surface area contributed by atoms with Crippen molar-refractivity contribution in [3.63, 3.8) is 0 Å². The van der Waals surface area contributed by atoms with Gasteiger partial charge in [0.05, 0.1) is 36.7 Å². The van der Waals surface area contributed by atoms with Crippen molar-refractivity contribution in [3.8, 4) is 5.69 Å². The fourth-order valence-electron chi connectivity index (χ4n) is 2.85. The lowest BCUT2D eigenvalue weighted by molar-refractivity contribution is -0.0874. The van der Waals surface area contributed by atoms with E-state index < -0.39 is 0 Å². The standard InChI is InChI=1S/C18H25N5O2/c1-4-18(3)13-22(10-11-25-18)17(24)19-14(2)16-12-23(21-20-16)15-8-6-5-7-9-15/h5-9,12,14H,4,10-11,13H2,1-3H3,(H,19,24). The SMILES string of the molecule is CCC1(C)CN(C(=O)NC(C)c2cn(-c3ccccc3)nn2)CCO1. The second kappa shape index (κ2) is 7.23. The third kappa shape index (κ3) is 3.99. The summed E-state index contributed by atoms with van der Waals surface area (Å²) in [4.78, 5) is 14.4. The molecule has 134 valence electrons. The minimum absolute atomic E-state index is 0.0928. The van der Waals surface area contributed by atoms with E-state index in [1.807, 2.05) is 55.3 Å². The van der Waals surface area contributed by atoms with Crippen LogP contribution in [0.4, 0.5) is 4.79 Å². The van der Waals surface area contributed by atoms with Gasteiger partial charge in [0.15, 0.2) is 0 Å². The van der Waals surface area contributed by atoms with Crippen molar-refractivity contribution in [3.05, 3.63) is 42.2 Å². The van der Waals surface area contributed by atoms with Gasteiger partial charge in [0.25, 0.3) is 0 Å². The maximum atomic E-state index is 12.6. The van der Waals surface area contributed by atoms with Crippen molar-refractivity contribution in [1.29, 1.82) is 0 Å². The largest absolute Gasteiger partial charge is 0.372 e. The Kier molecular flexibility index (Phi) is 5.03. The summed E-state index contributed by atoms with van der Waals surface area (Å²) in [7, 11) is 0. The van der Waals surface area contributed by atoms with Gasteiger partial charge >= 0.3 is 6.03 Å². The highest BCUT2D eigenvalue weighted by atomic mass is 16.5. The number of amides is 2. The molecule has 25 heavy (non-hydrogen) atoms. The van der Waals surface area contributed by atoms with Crippen LogP contribution in [0.1, 0.15) is 38.9 Å². The minimum atomic E-state index is -0.269. The molecule has 7 heteroatoms. The highest BCUT2D eigenvalue weighted by Gasteiger charge is 2.33. The van der Waals surface area contributed by atoms with Gasteiger partial charge in [-0.3, -0.25) is 0 Å². The van der Waals surface area contributed by atoms with Crippen LogP contribution in [0, 0.1) is 0 Å². The Labute approximate surface area is 148 Å². The molecule has 0 radical (unpaired) electrons. The Morgan fingerprint density at radius 2 is 2.16 bits per heavy atom. The van der Waals surface area contributed by atoms with Crippen LogP contribution in [0.15, 0.2) is 36.5 Å². The van der Waals surface area contributed by atoms with E-state index in [2.05, 4.69) is 22.6 Å².